The minimum absolute atomic E-state index is 0. The van der Waals surface area contributed by atoms with Crippen LogP contribution in [0, 0.1) is 11.3 Å². The fraction of sp³-hybridized carbons (Fsp3) is 0.136. The Labute approximate surface area is 184 Å². The smallest absolute Gasteiger partial charge is 0.192 e. The molecule has 6 nitrogen and oxygen atoms in total. The topological polar surface area (TPSA) is 71.3 Å². The number of fused-ring (bicyclic) bond motifs is 1. The molecule has 152 valence electrons. The van der Waals surface area contributed by atoms with Crippen LogP contribution in [0.15, 0.2) is 60.8 Å². The van der Waals surface area contributed by atoms with E-state index in [1.807, 2.05) is 59.5 Å². The Balaban J connectivity index is 0.00000256. The predicted octanol–water partition coefficient (Wildman–Crippen LogP) is 5.34. The van der Waals surface area contributed by atoms with Gasteiger partial charge in [-0.2, -0.15) is 5.26 Å². The highest BCUT2D eigenvalue weighted by molar-refractivity contribution is 7.21. The number of hydrogen-bond donors (Lipinski definition) is 0. The number of thiazole rings is 1. The predicted molar refractivity (Wildman–Crippen MR) is 121 cm³/mol. The summed E-state index contributed by atoms with van der Waals surface area (Å²) in [5.41, 5.74) is 3.20. The zero-order valence-corrected chi connectivity index (χ0v) is 18.0. The van der Waals surface area contributed by atoms with Gasteiger partial charge in [-0.15, -0.1) is 12.4 Å². The monoisotopic (exact) mass is 438 g/mol. The molecule has 0 N–H and O–H groups in total. The van der Waals surface area contributed by atoms with Crippen molar-refractivity contribution in [3.63, 3.8) is 0 Å². The van der Waals surface area contributed by atoms with Crippen LogP contribution in [-0.2, 0) is 6.54 Å². The summed E-state index contributed by atoms with van der Waals surface area (Å²) in [5, 5.41) is 10.3. The van der Waals surface area contributed by atoms with Gasteiger partial charge in [0.25, 0.3) is 0 Å². The van der Waals surface area contributed by atoms with Gasteiger partial charge in [-0.25, -0.2) is 9.97 Å². The number of halogens is 1. The number of nitrogens with zero attached hydrogens (tertiary/aromatic N) is 4. The number of benzene rings is 2. The van der Waals surface area contributed by atoms with Crippen LogP contribution in [0.4, 0.5) is 10.8 Å². The van der Waals surface area contributed by atoms with Crippen molar-refractivity contribution < 1.29 is 9.47 Å². The second kappa shape index (κ2) is 9.44. The highest BCUT2D eigenvalue weighted by atomic mass is 35.5. The van der Waals surface area contributed by atoms with Crippen LogP contribution in [0.25, 0.3) is 10.3 Å². The van der Waals surface area contributed by atoms with Crippen molar-refractivity contribution in [1.29, 1.82) is 5.26 Å². The van der Waals surface area contributed by atoms with Gasteiger partial charge < -0.3 is 14.4 Å². The quantitative estimate of drug-likeness (QED) is 0.404. The molecule has 0 aliphatic rings. The first-order valence-electron chi connectivity index (χ1n) is 8.92. The molecule has 0 unspecified atom stereocenters. The number of ether oxygens (including phenoxy) is 2. The summed E-state index contributed by atoms with van der Waals surface area (Å²) < 4.78 is 11.0. The minimum atomic E-state index is 0. The summed E-state index contributed by atoms with van der Waals surface area (Å²) in [6.45, 7) is 0.465. The third kappa shape index (κ3) is 4.15. The number of pyridine rings is 1. The zero-order valence-electron chi connectivity index (χ0n) is 16.4. The molecule has 4 aromatic rings. The molecule has 8 heteroatoms. The summed E-state index contributed by atoms with van der Waals surface area (Å²) in [6.07, 6.45) is 1.76. The van der Waals surface area contributed by atoms with E-state index in [4.69, 9.17) is 14.5 Å². The number of anilines is 2. The Hall–Kier alpha value is -3.34. The van der Waals surface area contributed by atoms with Crippen molar-refractivity contribution in [1.82, 2.24) is 9.97 Å². The van der Waals surface area contributed by atoms with Crippen LogP contribution in [0.1, 0.15) is 11.1 Å². The van der Waals surface area contributed by atoms with Crippen molar-refractivity contribution in [2.24, 2.45) is 0 Å². The maximum absolute atomic E-state index is 9.52. The third-order valence-corrected chi connectivity index (χ3v) is 5.53. The Morgan fingerprint density at radius 3 is 2.63 bits per heavy atom. The summed E-state index contributed by atoms with van der Waals surface area (Å²) in [5.74, 6) is 1.36. The number of methoxy groups -OCH3 is 2. The summed E-state index contributed by atoms with van der Waals surface area (Å²) in [4.78, 5) is 12.1. The van der Waals surface area contributed by atoms with Gasteiger partial charge in [-0.05, 0) is 35.9 Å². The summed E-state index contributed by atoms with van der Waals surface area (Å²) >= 11 is 1.50. The SMILES string of the molecule is COc1ccc(N(Cc2ccccc2C#N)c2nc3cccnc3s2)c(OC)c1.Cl. The van der Waals surface area contributed by atoms with E-state index in [1.54, 1.807) is 20.4 Å². The molecule has 0 aliphatic carbocycles. The molecule has 2 aromatic carbocycles. The van der Waals surface area contributed by atoms with Crippen LogP contribution >= 0.6 is 23.7 Å². The Kier molecular flexibility index (Phi) is 6.72. The maximum atomic E-state index is 9.52. The number of hydrogen-bond acceptors (Lipinski definition) is 7. The molecule has 0 radical (unpaired) electrons. The molecule has 2 aromatic heterocycles. The molecule has 0 amide bonds. The van der Waals surface area contributed by atoms with Gasteiger partial charge >= 0.3 is 0 Å². The molecule has 2 heterocycles. The van der Waals surface area contributed by atoms with Crippen LogP contribution in [0.5, 0.6) is 11.5 Å². The van der Waals surface area contributed by atoms with E-state index >= 15 is 0 Å². The van der Waals surface area contributed by atoms with Gasteiger partial charge in [0.2, 0.25) is 0 Å². The first-order chi connectivity index (χ1) is 14.2. The lowest BCUT2D eigenvalue weighted by Crippen LogP contribution is -2.18. The molecule has 0 saturated heterocycles. The van der Waals surface area contributed by atoms with Crippen LogP contribution in [0.3, 0.4) is 0 Å². The van der Waals surface area contributed by atoms with Gasteiger partial charge in [0, 0.05) is 12.3 Å². The second-order valence-electron chi connectivity index (χ2n) is 6.22. The van der Waals surface area contributed by atoms with Gasteiger partial charge in [0.05, 0.1) is 38.1 Å². The molecule has 0 spiro atoms. The third-order valence-electron chi connectivity index (χ3n) is 4.53. The minimum Gasteiger partial charge on any atom is -0.497 e. The van der Waals surface area contributed by atoms with E-state index in [0.29, 0.717) is 23.6 Å². The van der Waals surface area contributed by atoms with E-state index in [1.165, 1.54) is 11.3 Å². The van der Waals surface area contributed by atoms with Gasteiger partial charge in [-0.1, -0.05) is 29.5 Å². The second-order valence-corrected chi connectivity index (χ2v) is 7.17. The van der Waals surface area contributed by atoms with Crippen molar-refractivity contribution in [2.45, 2.75) is 6.54 Å². The van der Waals surface area contributed by atoms with Crippen molar-refractivity contribution >= 4 is 44.9 Å². The van der Waals surface area contributed by atoms with Gasteiger partial charge in [0.1, 0.15) is 21.8 Å². The first kappa shape index (κ1) is 21.4. The van der Waals surface area contributed by atoms with E-state index < -0.39 is 0 Å². The molecular weight excluding hydrogens is 420 g/mol. The number of nitriles is 1. The molecule has 0 fully saturated rings. The average Bonchev–Trinajstić information content (AvgIpc) is 3.21. The first-order valence-corrected chi connectivity index (χ1v) is 9.74. The molecule has 30 heavy (non-hydrogen) atoms. The van der Waals surface area contributed by atoms with Crippen LogP contribution < -0.4 is 14.4 Å². The molecular formula is C22H19ClN4O2S. The standard InChI is InChI=1S/C22H18N4O2S.ClH/c1-27-17-9-10-19(20(12-17)28-2)26(14-16-7-4-3-6-15(16)13-23)22-25-18-8-5-11-24-21(18)29-22;/h3-12H,14H2,1-2H3;1H. The largest absolute Gasteiger partial charge is 0.497 e. The molecule has 0 bridgehead atoms. The lowest BCUT2D eigenvalue weighted by atomic mass is 10.1. The molecule has 0 aliphatic heterocycles. The Bertz CT molecular complexity index is 1170. The van der Waals surface area contributed by atoms with Gasteiger partial charge in [0.15, 0.2) is 5.13 Å². The normalized spacial score (nSPS) is 10.2. The summed E-state index contributed by atoms with van der Waals surface area (Å²) in [7, 11) is 3.24. The Morgan fingerprint density at radius 1 is 1.07 bits per heavy atom. The highest BCUT2D eigenvalue weighted by Gasteiger charge is 2.20. The lowest BCUT2D eigenvalue weighted by molar-refractivity contribution is 0.394. The molecule has 4 rings (SSSR count). The van der Waals surface area contributed by atoms with Crippen molar-refractivity contribution in [3.05, 3.63) is 71.9 Å². The number of aromatic nitrogens is 2. The van der Waals surface area contributed by atoms with Crippen LogP contribution in [0.2, 0.25) is 0 Å². The van der Waals surface area contributed by atoms with E-state index in [2.05, 4.69) is 11.1 Å². The summed E-state index contributed by atoms with van der Waals surface area (Å²) in [6, 6.07) is 19.3. The average molecular weight is 439 g/mol. The van der Waals surface area contributed by atoms with Gasteiger partial charge in [-0.3, -0.25) is 0 Å². The highest BCUT2D eigenvalue weighted by Crippen LogP contribution is 2.40. The number of rotatable bonds is 6. The Morgan fingerprint density at radius 2 is 1.90 bits per heavy atom. The van der Waals surface area contributed by atoms with Crippen molar-refractivity contribution in [3.8, 4) is 17.6 Å². The zero-order chi connectivity index (χ0) is 20.2. The fourth-order valence-electron chi connectivity index (χ4n) is 3.08. The van der Waals surface area contributed by atoms with E-state index in [9.17, 15) is 5.26 Å². The van der Waals surface area contributed by atoms with Crippen molar-refractivity contribution in [2.75, 3.05) is 19.1 Å². The maximum Gasteiger partial charge on any atom is 0.192 e. The van der Waals surface area contributed by atoms with E-state index in [-0.39, 0.29) is 12.4 Å². The van der Waals surface area contributed by atoms with Crippen LogP contribution in [-0.4, -0.2) is 24.2 Å². The fourth-order valence-corrected chi connectivity index (χ4v) is 4.00. The molecule has 0 atom stereocenters. The van der Waals surface area contributed by atoms with E-state index in [0.717, 1.165) is 26.7 Å². The molecule has 0 saturated carbocycles. The lowest BCUT2D eigenvalue weighted by Gasteiger charge is -2.24.